The molecule has 0 aliphatic heterocycles. The first-order valence-corrected chi connectivity index (χ1v) is 9.61. The van der Waals surface area contributed by atoms with Gasteiger partial charge < -0.3 is 14.0 Å². The van der Waals surface area contributed by atoms with Crippen molar-refractivity contribution in [2.24, 2.45) is 0 Å². The van der Waals surface area contributed by atoms with E-state index in [1.54, 1.807) is 26.4 Å². The largest absolute Gasteiger partial charge is 0.497 e. The molecule has 3 aromatic rings. The number of H-pyrrole nitrogens is 1. The number of aryl methyl sites for hydroxylation is 2. The van der Waals surface area contributed by atoms with Gasteiger partial charge in [-0.05, 0) is 26.0 Å². The van der Waals surface area contributed by atoms with Gasteiger partial charge in [-0.15, -0.1) is 16.9 Å². The number of hydrogen-bond donors (Lipinski definition) is 2. The summed E-state index contributed by atoms with van der Waals surface area (Å²) in [5, 5.41) is 13.4. The summed E-state index contributed by atoms with van der Waals surface area (Å²) < 4.78 is 15.7. The quantitative estimate of drug-likeness (QED) is 0.590. The number of nitrogens with one attached hydrogen (secondary N) is 2. The lowest BCUT2D eigenvalue weighted by molar-refractivity contribution is -0.113. The van der Waals surface area contributed by atoms with Crippen LogP contribution < -0.4 is 14.8 Å². The first-order valence-electron chi connectivity index (χ1n) is 8.46. The van der Waals surface area contributed by atoms with Gasteiger partial charge in [0, 0.05) is 17.4 Å². The Morgan fingerprint density at radius 2 is 2.11 bits per heavy atom. The fraction of sp³-hybridized carbons (Fsp3) is 0.333. The summed E-state index contributed by atoms with van der Waals surface area (Å²) in [5.74, 6) is 3.44. The third kappa shape index (κ3) is 4.45. The number of ether oxygens (including phenoxy) is 2. The number of hydrogen-bond acceptors (Lipinski definition) is 8. The number of amides is 1. The van der Waals surface area contributed by atoms with Gasteiger partial charge in [-0.3, -0.25) is 15.2 Å². The third-order valence-corrected chi connectivity index (χ3v) is 5.02. The normalized spacial score (nSPS) is 10.7. The van der Waals surface area contributed by atoms with Crippen LogP contribution in [0.1, 0.15) is 17.0 Å². The fourth-order valence-corrected chi connectivity index (χ4v) is 3.52. The highest BCUT2D eigenvalue weighted by Crippen LogP contribution is 2.31. The molecular weight excluding hydrogens is 382 g/mol. The van der Waals surface area contributed by atoms with E-state index in [9.17, 15) is 4.79 Å². The van der Waals surface area contributed by atoms with E-state index in [2.05, 4.69) is 25.7 Å². The average Bonchev–Trinajstić information content (AvgIpc) is 3.28. The van der Waals surface area contributed by atoms with Gasteiger partial charge in [0.1, 0.15) is 17.3 Å². The van der Waals surface area contributed by atoms with Crippen LogP contribution in [-0.4, -0.2) is 46.2 Å². The Kier molecular flexibility index (Phi) is 6.19. The van der Waals surface area contributed by atoms with Gasteiger partial charge in [-0.2, -0.15) is 4.98 Å². The molecule has 2 N–H and O–H groups in total. The molecule has 2 aromatic heterocycles. The van der Waals surface area contributed by atoms with E-state index in [1.807, 2.05) is 19.9 Å². The van der Waals surface area contributed by atoms with Gasteiger partial charge >= 0.3 is 0 Å². The molecule has 0 radical (unpaired) electrons. The van der Waals surface area contributed by atoms with Crippen molar-refractivity contribution >= 4 is 23.6 Å². The molecule has 1 aromatic carbocycles. The van der Waals surface area contributed by atoms with Crippen LogP contribution in [0.15, 0.2) is 22.7 Å². The van der Waals surface area contributed by atoms with E-state index in [4.69, 9.17) is 14.0 Å². The van der Waals surface area contributed by atoms with Crippen LogP contribution in [-0.2, 0) is 10.5 Å². The second-order valence-corrected chi connectivity index (χ2v) is 6.90. The number of anilines is 1. The molecule has 28 heavy (non-hydrogen) atoms. The van der Waals surface area contributed by atoms with Crippen molar-refractivity contribution in [2.45, 2.75) is 19.6 Å². The number of aromatic amines is 1. The van der Waals surface area contributed by atoms with Crippen molar-refractivity contribution in [3.05, 3.63) is 35.2 Å². The predicted molar refractivity (Wildman–Crippen MR) is 106 cm³/mol. The molecule has 0 saturated heterocycles. The van der Waals surface area contributed by atoms with Gasteiger partial charge in [0.05, 0.1) is 31.2 Å². The summed E-state index contributed by atoms with van der Waals surface area (Å²) in [6, 6.07) is 5.36. The van der Waals surface area contributed by atoms with Crippen LogP contribution in [0.25, 0.3) is 11.4 Å². The SMILES string of the molecule is COc1ccc(-c2nc(NC(=O)CSCc3c(C)noc3C)n[nH]2)c(OC)c1. The maximum atomic E-state index is 12.2. The Balaban J connectivity index is 1.59. The minimum absolute atomic E-state index is 0.191. The summed E-state index contributed by atoms with van der Waals surface area (Å²) in [6.07, 6.45) is 0. The topological polar surface area (TPSA) is 115 Å². The minimum atomic E-state index is -0.191. The Bertz CT molecular complexity index is 949. The lowest BCUT2D eigenvalue weighted by Gasteiger charge is -2.07. The van der Waals surface area contributed by atoms with Crippen molar-refractivity contribution in [3.8, 4) is 22.9 Å². The van der Waals surface area contributed by atoms with Crippen molar-refractivity contribution < 1.29 is 18.8 Å². The molecule has 2 heterocycles. The highest BCUT2D eigenvalue weighted by molar-refractivity contribution is 7.99. The zero-order valence-corrected chi connectivity index (χ0v) is 16.8. The summed E-state index contributed by atoms with van der Waals surface area (Å²) in [7, 11) is 3.15. The van der Waals surface area contributed by atoms with Crippen molar-refractivity contribution in [1.29, 1.82) is 0 Å². The number of nitrogens with zero attached hydrogens (tertiary/aromatic N) is 3. The smallest absolute Gasteiger partial charge is 0.249 e. The van der Waals surface area contributed by atoms with E-state index in [0.717, 1.165) is 17.0 Å². The van der Waals surface area contributed by atoms with Crippen molar-refractivity contribution in [1.82, 2.24) is 20.3 Å². The Hall–Kier alpha value is -3.01. The molecule has 3 rings (SSSR count). The summed E-state index contributed by atoms with van der Waals surface area (Å²) in [5.41, 5.74) is 2.58. The lowest BCUT2D eigenvalue weighted by atomic mass is 10.2. The highest BCUT2D eigenvalue weighted by Gasteiger charge is 2.14. The molecule has 0 aliphatic carbocycles. The number of thioether (sulfide) groups is 1. The first-order chi connectivity index (χ1) is 13.5. The Morgan fingerprint density at radius 3 is 2.79 bits per heavy atom. The molecule has 0 fully saturated rings. The molecule has 10 heteroatoms. The van der Waals surface area contributed by atoms with Gasteiger partial charge in [-0.1, -0.05) is 5.16 Å². The van der Waals surface area contributed by atoms with E-state index in [1.165, 1.54) is 11.8 Å². The molecule has 0 spiro atoms. The number of rotatable bonds is 8. The van der Waals surface area contributed by atoms with Gasteiger partial charge in [0.25, 0.3) is 0 Å². The standard InChI is InChI=1S/C18H21N5O4S/c1-10-14(11(2)27-23-10)8-28-9-16(24)19-18-20-17(21-22-18)13-6-5-12(25-3)7-15(13)26-4/h5-7H,8-9H2,1-4H3,(H2,19,20,21,22,24). The zero-order valence-electron chi connectivity index (χ0n) is 16.0. The van der Waals surface area contributed by atoms with Gasteiger partial charge in [0.15, 0.2) is 5.82 Å². The maximum Gasteiger partial charge on any atom is 0.249 e. The van der Waals surface area contributed by atoms with Crippen LogP contribution >= 0.6 is 11.8 Å². The molecule has 0 unspecified atom stereocenters. The van der Waals surface area contributed by atoms with Crippen molar-refractivity contribution in [3.63, 3.8) is 0 Å². The molecule has 1 amide bonds. The number of carbonyl (C=O) groups is 1. The van der Waals surface area contributed by atoms with Crippen LogP contribution in [0.3, 0.4) is 0 Å². The van der Waals surface area contributed by atoms with E-state index >= 15 is 0 Å². The second-order valence-electron chi connectivity index (χ2n) is 5.92. The van der Waals surface area contributed by atoms with Crippen LogP contribution in [0.5, 0.6) is 11.5 Å². The molecule has 0 aliphatic rings. The zero-order chi connectivity index (χ0) is 20.1. The number of benzene rings is 1. The maximum absolute atomic E-state index is 12.2. The van der Waals surface area contributed by atoms with Crippen molar-refractivity contribution in [2.75, 3.05) is 25.3 Å². The van der Waals surface area contributed by atoms with Crippen LogP contribution in [0.2, 0.25) is 0 Å². The molecule has 0 atom stereocenters. The number of methoxy groups -OCH3 is 2. The van der Waals surface area contributed by atoms with Gasteiger partial charge in [-0.25, -0.2) is 0 Å². The Labute approximate surface area is 166 Å². The molecule has 9 nitrogen and oxygen atoms in total. The average molecular weight is 403 g/mol. The molecular formula is C18H21N5O4S. The summed E-state index contributed by atoms with van der Waals surface area (Å²) in [6.45, 7) is 3.74. The van der Waals surface area contributed by atoms with E-state index in [0.29, 0.717) is 28.6 Å². The summed E-state index contributed by atoms with van der Waals surface area (Å²) >= 11 is 1.47. The molecule has 0 bridgehead atoms. The molecule has 148 valence electrons. The summed E-state index contributed by atoms with van der Waals surface area (Å²) in [4.78, 5) is 16.5. The first kappa shape index (κ1) is 19.7. The van der Waals surface area contributed by atoms with Crippen LogP contribution in [0.4, 0.5) is 5.95 Å². The third-order valence-electron chi connectivity index (χ3n) is 4.06. The Morgan fingerprint density at radius 1 is 1.29 bits per heavy atom. The number of aromatic nitrogens is 4. The van der Waals surface area contributed by atoms with Gasteiger partial charge in [0.2, 0.25) is 11.9 Å². The number of carbonyl (C=O) groups excluding carboxylic acids is 1. The van der Waals surface area contributed by atoms with Crippen LogP contribution in [0, 0.1) is 13.8 Å². The lowest BCUT2D eigenvalue weighted by Crippen LogP contribution is -2.15. The fourth-order valence-electron chi connectivity index (χ4n) is 2.55. The van der Waals surface area contributed by atoms with E-state index < -0.39 is 0 Å². The van der Waals surface area contributed by atoms with E-state index in [-0.39, 0.29) is 17.6 Å². The monoisotopic (exact) mass is 403 g/mol. The highest BCUT2D eigenvalue weighted by atomic mass is 32.2. The second kappa shape index (κ2) is 8.79. The predicted octanol–water partition coefficient (Wildman–Crippen LogP) is 2.97. The minimum Gasteiger partial charge on any atom is -0.497 e. The molecule has 0 saturated carbocycles.